The van der Waals surface area contributed by atoms with Crippen molar-refractivity contribution in [1.82, 2.24) is 5.32 Å². The number of aliphatic imine (C=N–C) groups is 1. The Kier molecular flexibility index (Phi) is 5.50. The van der Waals surface area contributed by atoms with E-state index in [9.17, 15) is 22.8 Å². The first-order chi connectivity index (χ1) is 12.8. The van der Waals surface area contributed by atoms with Gasteiger partial charge >= 0.3 is 6.18 Å². The van der Waals surface area contributed by atoms with E-state index in [4.69, 9.17) is 0 Å². The van der Waals surface area contributed by atoms with Crippen LogP contribution in [0.25, 0.3) is 0 Å². The molecule has 0 saturated carbocycles. The average molecular weight is 393 g/mol. The van der Waals surface area contributed by atoms with Gasteiger partial charge in [0.15, 0.2) is 5.17 Å². The number of halogens is 3. The molecule has 3 rings (SSSR count). The van der Waals surface area contributed by atoms with Gasteiger partial charge in [0.05, 0.1) is 11.3 Å². The van der Waals surface area contributed by atoms with Crippen molar-refractivity contribution in [2.45, 2.75) is 17.8 Å². The van der Waals surface area contributed by atoms with Crippen LogP contribution in [0.15, 0.2) is 59.6 Å². The van der Waals surface area contributed by atoms with Gasteiger partial charge in [-0.1, -0.05) is 42.1 Å². The molecular formula is C18H14F3N3O2S. The molecule has 2 aromatic rings. The number of rotatable bonds is 4. The maximum absolute atomic E-state index is 13.0. The van der Waals surface area contributed by atoms with Crippen LogP contribution in [0.1, 0.15) is 12.0 Å². The summed E-state index contributed by atoms with van der Waals surface area (Å²) in [6.07, 6.45) is -4.67. The SMILES string of the molecule is O=C(CC1SC(=Nc2ccccc2C(F)(F)F)NC1=O)Nc1ccccc1. The van der Waals surface area contributed by atoms with Crippen molar-refractivity contribution in [3.8, 4) is 0 Å². The summed E-state index contributed by atoms with van der Waals surface area (Å²) in [6.45, 7) is 0. The maximum Gasteiger partial charge on any atom is 0.418 e. The van der Waals surface area contributed by atoms with Crippen LogP contribution in [0.2, 0.25) is 0 Å². The summed E-state index contributed by atoms with van der Waals surface area (Å²) in [6, 6.07) is 13.6. The summed E-state index contributed by atoms with van der Waals surface area (Å²) < 4.78 is 39.1. The summed E-state index contributed by atoms with van der Waals surface area (Å²) in [5, 5.41) is 4.37. The molecule has 1 heterocycles. The highest BCUT2D eigenvalue weighted by Gasteiger charge is 2.35. The number of hydrogen-bond donors (Lipinski definition) is 2. The van der Waals surface area contributed by atoms with Crippen molar-refractivity contribution >= 4 is 40.1 Å². The van der Waals surface area contributed by atoms with Gasteiger partial charge in [0.1, 0.15) is 5.25 Å². The van der Waals surface area contributed by atoms with Gasteiger partial charge in [-0.05, 0) is 24.3 Å². The molecule has 1 atom stereocenters. The minimum atomic E-state index is -4.55. The zero-order chi connectivity index (χ0) is 19.4. The highest BCUT2D eigenvalue weighted by atomic mass is 32.2. The number of hydrogen-bond acceptors (Lipinski definition) is 4. The lowest BCUT2D eigenvalue weighted by atomic mass is 10.2. The second-order valence-electron chi connectivity index (χ2n) is 5.65. The van der Waals surface area contributed by atoms with E-state index in [2.05, 4.69) is 15.6 Å². The molecule has 0 radical (unpaired) electrons. The summed E-state index contributed by atoms with van der Waals surface area (Å²) in [5.41, 5.74) is -0.585. The number of thioether (sulfide) groups is 1. The number of benzene rings is 2. The minimum absolute atomic E-state index is 0.0363. The normalized spacial score (nSPS) is 18.4. The molecule has 0 aliphatic carbocycles. The second-order valence-corrected chi connectivity index (χ2v) is 6.84. The number of anilines is 1. The van der Waals surface area contributed by atoms with Crippen LogP contribution in [0, 0.1) is 0 Å². The fourth-order valence-electron chi connectivity index (χ4n) is 2.41. The van der Waals surface area contributed by atoms with Crippen molar-refractivity contribution in [2.24, 2.45) is 4.99 Å². The Bertz CT molecular complexity index is 885. The highest BCUT2D eigenvalue weighted by molar-refractivity contribution is 8.15. The second kappa shape index (κ2) is 7.83. The van der Waals surface area contributed by atoms with Crippen LogP contribution < -0.4 is 10.6 Å². The lowest BCUT2D eigenvalue weighted by Crippen LogP contribution is -2.28. The zero-order valence-electron chi connectivity index (χ0n) is 13.8. The molecule has 2 amide bonds. The topological polar surface area (TPSA) is 70.6 Å². The van der Waals surface area contributed by atoms with Crippen LogP contribution in [0.5, 0.6) is 0 Å². The first-order valence-electron chi connectivity index (χ1n) is 7.90. The van der Waals surface area contributed by atoms with Crippen molar-refractivity contribution in [3.05, 3.63) is 60.2 Å². The molecule has 0 bridgehead atoms. The van der Waals surface area contributed by atoms with Gasteiger partial charge in [0.2, 0.25) is 11.8 Å². The predicted molar refractivity (Wildman–Crippen MR) is 97.7 cm³/mol. The fraction of sp³-hybridized carbons (Fsp3) is 0.167. The number of alkyl halides is 3. The zero-order valence-corrected chi connectivity index (χ0v) is 14.6. The molecule has 27 heavy (non-hydrogen) atoms. The van der Waals surface area contributed by atoms with E-state index in [1.54, 1.807) is 30.3 Å². The Balaban J connectivity index is 1.69. The molecule has 2 aromatic carbocycles. The Morgan fingerprint density at radius 3 is 2.48 bits per heavy atom. The number of carbonyl (C=O) groups is 2. The lowest BCUT2D eigenvalue weighted by Gasteiger charge is -2.09. The fourth-order valence-corrected chi connectivity index (χ4v) is 3.40. The molecule has 9 heteroatoms. The average Bonchev–Trinajstić information content (AvgIpc) is 2.94. The molecule has 1 unspecified atom stereocenters. The number of para-hydroxylation sites is 2. The number of amidine groups is 1. The van der Waals surface area contributed by atoms with E-state index in [1.165, 1.54) is 18.2 Å². The standard InChI is InChI=1S/C18H14F3N3O2S/c19-18(20,21)12-8-4-5-9-13(12)23-17-24-16(26)14(27-17)10-15(25)22-11-6-2-1-3-7-11/h1-9,14H,10H2,(H,22,25)(H,23,24,26). The van der Waals surface area contributed by atoms with Crippen molar-refractivity contribution in [2.75, 3.05) is 5.32 Å². The van der Waals surface area contributed by atoms with Gasteiger partial charge < -0.3 is 10.6 Å². The summed E-state index contributed by atoms with van der Waals surface area (Å²) in [4.78, 5) is 28.0. The van der Waals surface area contributed by atoms with E-state index in [0.29, 0.717) is 5.69 Å². The number of carbonyl (C=O) groups excluding carboxylic acids is 2. The Labute approximate surface area is 157 Å². The summed E-state index contributed by atoms with van der Waals surface area (Å²) >= 11 is 0.933. The van der Waals surface area contributed by atoms with Gasteiger partial charge in [0.25, 0.3) is 0 Å². The number of amides is 2. The molecular weight excluding hydrogens is 379 g/mol. The summed E-state index contributed by atoms with van der Waals surface area (Å²) in [7, 11) is 0. The van der Waals surface area contributed by atoms with Crippen molar-refractivity contribution < 1.29 is 22.8 Å². The number of nitrogens with zero attached hydrogens (tertiary/aromatic N) is 1. The molecule has 2 N–H and O–H groups in total. The van der Waals surface area contributed by atoms with E-state index in [0.717, 1.165) is 17.8 Å². The predicted octanol–water partition coefficient (Wildman–Crippen LogP) is 3.95. The Hall–Kier alpha value is -2.81. The van der Waals surface area contributed by atoms with Gasteiger partial charge in [0, 0.05) is 12.1 Å². The van der Waals surface area contributed by atoms with Gasteiger partial charge in [-0.2, -0.15) is 13.2 Å². The van der Waals surface area contributed by atoms with Crippen LogP contribution in [-0.4, -0.2) is 22.2 Å². The van der Waals surface area contributed by atoms with Crippen LogP contribution in [-0.2, 0) is 15.8 Å². The molecule has 0 spiro atoms. The van der Waals surface area contributed by atoms with Crippen LogP contribution in [0.4, 0.5) is 24.5 Å². The maximum atomic E-state index is 13.0. The van der Waals surface area contributed by atoms with Crippen molar-refractivity contribution in [1.29, 1.82) is 0 Å². The van der Waals surface area contributed by atoms with Gasteiger partial charge in [-0.25, -0.2) is 4.99 Å². The molecule has 1 fully saturated rings. The van der Waals surface area contributed by atoms with Gasteiger partial charge in [-0.3, -0.25) is 9.59 Å². The minimum Gasteiger partial charge on any atom is -0.326 e. The Morgan fingerprint density at radius 1 is 1.11 bits per heavy atom. The molecule has 1 aliphatic rings. The van der Waals surface area contributed by atoms with Gasteiger partial charge in [-0.15, -0.1) is 0 Å². The molecule has 1 saturated heterocycles. The quantitative estimate of drug-likeness (QED) is 0.826. The van der Waals surface area contributed by atoms with Crippen molar-refractivity contribution in [3.63, 3.8) is 0 Å². The molecule has 1 aliphatic heterocycles. The number of nitrogens with one attached hydrogen (secondary N) is 2. The molecule has 140 valence electrons. The largest absolute Gasteiger partial charge is 0.418 e. The highest BCUT2D eigenvalue weighted by Crippen LogP contribution is 2.37. The first-order valence-corrected chi connectivity index (χ1v) is 8.78. The third kappa shape index (κ3) is 4.88. The van der Waals surface area contributed by atoms with Crippen LogP contribution >= 0.6 is 11.8 Å². The molecule has 0 aromatic heterocycles. The first kappa shape index (κ1) is 19.0. The van der Waals surface area contributed by atoms with E-state index in [1.807, 2.05) is 0 Å². The van der Waals surface area contributed by atoms with Crippen LogP contribution in [0.3, 0.4) is 0 Å². The van der Waals surface area contributed by atoms with E-state index < -0.39 is 22.9 Å². The van der Waals surface area contributed by atoms with E-state index in [-0.39, 0.29) is 23.2 Å². The molecule has 5 nitrogen and oxygen atoms in total. The third-order valence-corrected chi connectivity index (χ3v) is 4.72. The van der Waals surface area contributed by atoms with E-state index >= 15 is 0 Å². The smallest absolute Gasteiger partial charge is 0.326 e. The Morgan fingerprint density at radius 2 is 1.78 bits per heavy atom. The monoisotopic (exact) mass is 393 g/mol. The summed E-state index contributed by atoms with van der Waals surface area (Å²) in [5.74, 6) is -0.836. The lowest BCUT2D eigenvalue weighted by molar-refractivity contribution is -0.137. The third-order valence-electron chi connectivity index (χ3n) is 3.64.